The molecule has 0 spiro atoms. The molecule has 5 nitrogen and oxygen atoms in total. The third-order valence-electron chi connectivity index (χ3n) is 2.24. The minimum absolute atomic E-state index is 0.0178. The molecular weight excluding hydrogens is 246 g/mol. The van der Waals surface area contributed by atoms with Crippen molar-refractivity contribution in [3.63, 3.8) is 0 Å². The van der Waals surface area contributed by atoms with Crippen LogP contribution in [-0.4, -0.2) is 20.8 Å². The summed E-state index contributed by atoms with van der Waals surface area (Å²) in [5, 5.41) is 8.16. The Balaban J connectivity index is 2.37. The number of hydrogen-bond acceptors (Lipinski definition) is 5. The molecule has 2 aromatic heterocycles. The molecule has 2 rings (SSSR count). The predicted octanol–water partition coefficient (Wildman–Crippen LogP) is 1.92. The number of aromatic nitrogens is 3. The van der Waals surface area contributed by atoms with Crippen LogP contribution < -0.4 is 5.73 Å². The van der Waals surface area contributed by atoms with Crippen LogP contribution in [0.1, 0.15) is 17.0 Å². The van der Waals surface area contributed by atoms with Crippen LogP contribution in [0.5, 0.6) is 0 Å². The quantitative estimate of drug-likeness (QED) is 0.499. The van der Waals surface area contributed by atoms with Crippen molar-refractivity contribution in [1.82, 2.24) is 15.0 Å². The molecule has 0 aliphatic heterocycles. The molecule has 0 amide bonds. The van der Waals surface area contributed by atoms with Gasteiger partial charge in [0.25, 0.3) is 0 Å². The number of aryl methyl sites for hydroxylation is 2. The van der Waals surface area contributed by atoms with E-state index in [1.54, 1.807) is 18.5 Å². The lowest BCUT2D eigenvalue weighted by Crippen LogP contribution is -2.12. The topological polar surface area (TPSA) is 88.5 Å². The molecular formula is C12H13N5S. The molecule has 92 valence electrons. The number of pyridine rings is 1. The highest BCUT2D eigenvalue weighted by molar-refractivity contribution is 7.99. The predicted molar refractivity (Wildman–Crippen MR) is 70.9 cm³/mol. The van der Waals surface area contributed by atoms with E-state index < -0.39 is 0 Å². The summed E-state index contributed by atoms with van der Waals surface area (Å²) in [7, 11) is 0. The Bertz CT molecular complexity index is 577. The van der Waals surface area contributed by atoms with E-state index in [0.29, 0.717) is 10.7 Å². The van der Waals surface area contributed by atoms with Crippen molar-refractivity contribution in [3.05, 3.63) is 41.5 Å². The van der Waals surface area contributed by atoms with Gasteiger partial charge in [0.1, 0.15) is 5.84 Å². The Hall–Kier alpha value is -1.95. The zero-order chi connectivity index (χ0) is 13.1. The van der Waals surface area contributed by atoms with Gasteiger partial charge in [0.2, 0.25) is 0 Å². The zero-order valence-electron chi connectivity index (χ0n) is 10.1. The van der Waals surface area contributed by atoms with E-state index >= 15 is 0 Å². The lowest BCUT2D eigenvalue weighted by Gasteiger charge is -2.06. The van der Waals surface area contributed by atoms with Crippen LogP contribution in [-0.2, 0) is 0 Å². The highest BCUT2D eigenvalue weighted by atomic mass is 32.2. The Morgan fingerprint density at radius 3 is 2.56 bits per heavy atom. The lowest BCUT2D eigenvalue weighted by atomic mass is 10.2. The van der Waals surface area contributed by atoms with E-state index in [4.69, 9.17) is 11.1 Å². The first-order chi connectivity index (χ1) is 8.56. The third kappa shape index (κ3) is 2.84. The van der Waals surface area contributed by atoms with Gasteiger partial charge in [-0.2, -0.15) is 0 Å². The largest absolute Gasteiger partial charge is 0.384 e. The van der Waals surface area contributed by atoms with Crippen LogP contribution in [0.4, 0.5) is 0 Å². The highest BCUT2D eigenvalue weighted by Crippen LogP contribution is 2.27. The molecule has 0 radical (unpaired) electrons. The summed E-state index contributed by atoms with van der Waals surface area (Å²) in [6.07, 6.45) is 3.28. The normalized spacial score (nSPS) is 10.3. The number of rotatable bonds is 3. The van der Waals surface area contributed by atoms with Gasteiger partial charge in [-0.25, -0.2) is 9.97 Å². The van der Waals surface area contributed by atoms with Crippen molar-refractivity contribution in [2.75, 3.05) is 0 Å². The van der Waals surface area contributed by atoms with Crippen molar-refractivity contribution >= 4 is 17.6 Å². The van der Waals surface area contributed by atoms with Crippen molar-refractivity contribution in [3.8, 4) is 0 Å². The summed E-state index contributed by atoms with van der Waals surface area (Å²) in [4.78, 5) is 13.5. The zero-order valence-corrected chi connectivity index (χ0v) is 11.0. The summed E-state index contributed by atoms with van der Waals surface area (Å²) in [6.45, 7) is 3.85. The van der Waals surface area contributed by atoms with Crippen LogP contribution in [0.3, 0.4) is 0 Å². The van der Waals surface area contributed by atoms with Crippen molar-refractivity contribution in [1.29, 1.82) is 5.41 Å². The van der Waals surface area contributed by atoms with Gasteiger partial charge in [-0.05, 0) is 37.7 Å². The van der Waals surface area contributed by atoms with Crippen LogP contribution in [0, 0.1) is 19.3 Å². The number of nitrogens with two attached hydrogens (primary N) is 1. The average Bonchev–Trinajstić information content (AvgIpc) is 2.27. The molecule has 0 saturated carbocycles. The second kappa shape index (κ2) is 5.14. The highest BCUT2D eigenvalue weighted by Gasteiger charge is 2.09. The Labute approximate surface area is 109 Å². The number of hydrogen-bond donors (Lipinski definition) is 2. The molecule has 0 aromatic carbocycles. The number of nitrogens with zero attached hydrogens (tertiary/aromatic N) is 3. The van der Waals surface area contributed by atoms with Crippen molar-refractivity contribution < 1.29 is 0 Å². The summed E-state index contributed by atoms with van der Waals surface area (Å²) in [6, 6.07) is 3.63. The van der Waals surface area contributed by atoms with E-state index in [0.717, 1.165) is 16.3 Å². The summed E-state index contributed by atoms with van der Waals surface area (Å²) < 4.78 is 0. The first-order valence-corrected chi connectivity index (χ1v) is 6.16. The van der Waals surface area contributed by atoms with Gasteiger partial charge in [0.15, 0.2) is 5.16 Å². The molecule has 2 aromatic rings. The first kappa shape index (κ1) is 12.5. The molecule has 6 heteroatoms. The summed E-state index contributed by atoms with van der Waals surface area (Å²) >= 11 is 1.37. The van der Waals surface area contributed by atoms with Gasteiger partial charge < -0.3 is 5.73 Å². The fourth-order valence-electron chi connectivity index (χ4n) is 1.52. The SMILES string of the molecule is Cc1cc(C)nc(Sc2cnccc2C(=N)N)n1. The van der Waals surface area contributed by atoms with Gasteiger partial charge in [0, 0.05) is 34.2 Å². The standard InChI is InChI=1S/C12H13N5S/c1-7-5-8(2)17-12(16-7)18-10-6-15-4-3-9(10)11(13)14/h3-6H,1-2H3,(H3,13,14). The smallest absolute Gasteiger partial charge is 0.192 e. The average molecular weight is 259 g/mol. The number of nitrogens with one attached hydrogen (secondary N) is 1. The Morgan fingerprint density at radius 2 is 1.94 bits per heavy atom. The molecule has 0 atom stereocenters. The van der Waals surface area contributed by atoms with E-state index in [9.17, 15) is 0 Å². The molecule has 2 heterocycles. The lowest BCUT2D eigenvalue weighted by molar-refractivity contribution is 0.901. The molecule has 0 bridgehead atoms. The number of nitrogen functional groups attached to an aromatic ring is 1. The Kier molecular flexibility index (Phi) is 3.57. The van der Waals surface area contributed by atoms with Crippen LogP contribution >= 0.6 is 11.8 Å². The van der Waals surface area contributed by atoms with Crippen LogP contribution in [0.2, 0.25) is 0 Å². The molecule has 3 N–H and O–H groups in total. The van der Waals surface area contributed by atoms with E-state index in [1.807, 2.05) is 19.9 Å². The van der Waals surface area contributed by atoms with Gasteiger partial charge >= 0.3 is 0 Å². The molecule has 0 aliphatic rings. The van der Waals surface area contributed by atoms with Gasteiger partial charge in [-0.1, -0.05) is 0 Å². The maximum absolute atomic E-state index is 7.52. The van der Waals surface area contributed by atoms with Crippen molar-refractivity contribution in [2.24, 2.45) is 5.73 Å². The molecule has 0 fully saturated rings. The van der Waals surface area contributed by atoms with E-state index in [2.05, 4.69) is 15.0 Å². The monoisotopic (exact) mass is 259 g/mol. The van der Waals surface area contributed by atoms with Gasteiger partial charge in [-0.3, -0.25) is 10.4 Å². The summed E-state index contributed by atoms with van der Waals surface area (Å²) in [5.74, 6) is 0.0178. The molecule has 0 saturated heterocycles. The second-order valence-electron chi connectivity index (χ2n) is 3.82. The maximum Gasteiger partial charge on any atom is 0.192 e. The fourth-order valence-corrected chi connectivity index (χ4v) is 2.50. The Morgan fingerprint density at radius 1 is 1.28 bits per heavy atom. The minimum Gasteiger partial charge on any atom is -0.384 e. The number of amidine groups is 1. The third-order valence-corrected chi connectivity index (χ3v) is 3.15. The van der Waals surface area contributed by atoms with Gasteiger partial charge in [-0.15, -0.1) is 0 Å². The van der Waals surface area contributed by atoms with E-state index in [1.165, 1.54) is 11.8 Å². The first-order valence-electron chi connectivity index (χ1n) is 5.35. The second-order valence-corrected chi connectivity index (χ2v) is 4.83. The van der Waals surface area contributed by atoms with Gasteiger partial charge in [0.05, 0.1) is 0 Å². The fraction of sp³-hybridized carbons (Fsp3) is 0.167. The maximum atomic E-state index is 7.52. The molecule has 18 heavy (non-hydrogen) atoms. The molecule has 0 aliphatic carbocycles. The van der Waals surface area contributed by atoms with Crippen molar-refractivity contribution in [2.45, 2.75) is 23.9 Å². The van der Waals surface area contributed by atoms with Crippen LogP contribution in [0.25, 0.3) is 0 Å². The molecule has 0 unspecified atom stereocenters. The van der Waals surface area contributed by atoms with E-state index in [-0.39, 0.29) is 5.84 Å². The summed E-state index contributed by atoms with van der Waals surface area (Å²) in [5.41, 5.74) is 8.01. The minimum atomic E-state index is 0.0178. The van der Waals surface area contributed by atoms with Crippen LogP contribution in [0.15, 0.2) is 34.6 Å².